The molecule has 0 atom stereocenters. The van der Waals surface area contributed by atoms with Crippen molar-refractivity contribution in [3.05, 3.63) is 59.9 Å². The number of anilines is 2. The fourth-order valence-electron chi connectivity index (χ4n) is 3.13. The second-order valence-corrected chi connectivity index (χ2v) is 6.41. The molecule has 5 nitrogen and oxygen atoms in total. The van der Waals surface area contributed by atoms with Crippen LogP contribution in [0, 0.1) is 5.82 Å². The fourth-order valence-corrected chi connectivity index (χ4v) is 3.13. The van der Waals surface area contributed by atoms with E-state index in [1.54, 1.807) is 12.1 Å². The maximum absolute atomic E-state index is 13.3. The van der Waals surface area contributed by atoms with E-state index in [0.717, 1.165) is 24.5 Å². The van der Waals surface area contributed by atoms with Crippen LogP contribution in [0.3, 0.4) is 0 Å². The normalized spacial score (nSPS) is 14.2. The Hall–Kier alpha value is -2.89. The molecule has 1 fully saturated rings. The lowest BCUT2D eigenvalue weighted by atomic mass is 10.1. The summed E-state index contributed by atoms with van der Waals surface area (Å²) in [7, 11) is 0. The molecular weight excluding hydrogens is 333 g/mol. The van der Waals surface area contributed by atoms with E-state index in [9.17, 15) is 14.0 Å². The molecule has 6 heteroatoms. The van der Waals surface area contributed by atoms with E-state index in [1.807, 2.05) is 29.2 Å². The highest BCUT2D eigenvalue weighted by atomic mass is 19.1. The summed E-state index contributed by atoms with van der Waals surface area (Å²) in [5.41, 5.74) is 2.48. The summed E-state index contributed by atoms with van der Waals surface area (Å²) >= 11 is 0. The van der Waals surface area contributed by atoms with Gasteiger partial charge in [0.2, 0.25) is 11.8 Å². The molecular formula is C20H22FN3O2. The lowest BCUT2D eigenvalue weighted by molar-refractivity contribution is -0.130. The smallest absolute Gasteiger partial charge is 0.227 e. The average molecular weight is 355 g/mol. The van der Waals surface area contributed by atoms with Crippen molar-refractivity contribution in [2.45, 2.75) is 13.3 Å². The number of carbonyl (C=O) groups is 2. The van der Waals surface area contributed by atoms with Gasteiger partial charge in [0.15, 0.2) is 0 Å². The van der Waals surface area contributed by atoms with E-state index in [0.29, 0.717) is 18.7 Å². The van der Waals surface area contributed by atoms with Gasteiger partial charge in [-0.1, -0.05) is 18.2 Å². The summed E-state index contributed by atoms with van der Waals surface area (Å²) in [6, 6.07) is 13.9. The van der Waals surface area contributed by atoms with Crippen LogP contribution in [0.1, 0.15) is 12.5 Å². The van der Waals surface area contributed by atoms with Gasteiger partial charge in [-0.15, -0.1) is 0 Å². The van der Waals surface area contributed by atoms with Gasteiger partial charge in [0.1, 0.15) is 5.82 Å². The van der Waals surface area contributed by atoms with Gasteiger partial charge >= 0.3 is 0 Å². The molecule has 0 bridgehead atoms. The summed E-state index contributed by atoms with van der Waals surface area (Å²) in [5.74, 6) is -0.406. The van der Waals surface area contributed by atoms with Crippen LogP contribution in [-0.4, -0.2) is 42.9 Å². The van der Waals surface area contributed by atoms with Crippen molar-refractivity contribution < 1.29 is 14.0 Å². The molecule has 1 aliphatic rings. The molecule has 0 radical (unpaired) electrons. The Bertz CT molecular complexity index is 801. The largest absolute Gasteiger partial charge is 0.368 e. The van der Waals surface area contributed by atoms with E-state index in [-0.39, 0.29) is 24.1 Å². The van der Waals surface area contributed by atoms with Crippen molar-refractivity contribution in [2.24, 2.45) is 0 Å². The van der Waals surface area contributed by atoms with Gasteiger partial charge in [-0.2, -0.15) is 0 Å². The van der Waals surface area contributed by atoms with E-state index in [4.69, 9.17) is 0 Å². The predicted molar refractivity (Wildman–Crippen MR) is 99.6 cm³/mol. The first-order valence-electron chi connectivity index (χ1n) is 8.66. The molecule has 1 heterocycles. The van der Waals surface area contributed by atoms with E-state index < -0.39 is 0 Å². The Kier molecular flexibility index (Phi) is 5.51. The van der Waals surface area contributed by atoms with Crippen molar-refractivity contribution in [3.8, 4) is 0 Å². The Labute approximate surface area is 152 Å². The molecule has 0 saturated carbocycles. The summed E-state index contributed by atoms with van der Waals surface area (Å²) in [4.78, 5) is 27.6. The van der Waals surface area contributed by atoms with Gasteiger partial charge < -0.3 is 15.1 Å². The number of nitrogens with one attached hydrogen (secondary N) is 1. The van der Waals surface area contributed by atoms with Crippen molar-refractivity contribution in [2.75, 3.05) is 36.4 Å². The lowest BCUT2D eigenvalue weighted by Gasteiger charge is -2.36. The van der Waals surface area contributed by atoms with Gasteiger partial charge in [-0.3, -0.25) is 9.59 Å². The number of nitrogens with zero attached hydrogens (tertiary/aromatic N) is 2. The fraction of sp³-hybridized carbons (Fsp3) is 0.300. The Morgan fingerprint density at radius 2 is 1.77 bits per heavy atom. The van der Waals surface area contributed by atoms with Crippen LogP contribution in [0.5, 0.6) is 0 Å². The number of hydrogen-bond donors (Lipinski definition) is 1. The van der Waals surface area contributed by atoms with Crippen LogP contribution in [0.25, 0.3) is 0 Å². The summed E-state index contributed by atoms with van der Waals surface area (Å²) < 4.78 is 13.3. The van der Waals surface area contributed by atoms with Gasteiger partial charge in [0.05, 0.1) is 6.42 Å². The maximum Gasteiger partial charge on any atom is 0.227 e. The monoisotopic (exact) mass is 355 g/mol. The van der Waals surface area contributed by atoms with Crippen molar-refractivity contribution in [3.63, 3.8) is 0 Å². The molecule has 1 N–H and O–H groups in total. The minimum absolute atomic E-state index is 0.0160. The first-order valence-corrected chi connectivity index (χ1v) is 8.66. The molecule has 1 aliphatic heterocycles. The number of benzene rings is 2. The lowest BCUT2D eigenvalue weighted by Crippen LogP contribution is -2.49. The third-order valence-corrected chi connectivity index (χ3v) is 4.41. The molecule has 2 amide bonds. The minimum Gasteiger partial charge on any atom is -0.368 e. The standard InChI is InChI=1S/C20H22FN3O2/c1-15(25)22-18-6-3-7-19(14-18)23-8-10-24(11-9-23)20(26)13-16-4-2-5-17(21)12-16/h2-7,12,14H,8-11,13H2,1H3,(H,22,25). The topological polar surface area (TPSA) is 52.7 Å². The molecule has 0 aliphatic carbocycles. The highest BCUT2D eigenvalue weighted by Gasteiger charge is 2.21. The molecule has 136 valence electrons. The highest BCUT2D eigenvalue weighted by Crippen LogP contribution is 2.21. The predicted octanol–water partition coefficient (Wildman–Crippen LogP) is 2.68. The molecule has 0 aromatic heterocycles. The van der Waals surface area contributed by atoms with E-state index in [2.05, 4.69) is 10.2 Å². The van der Waals surface area contributed by atoms with Crippen LogP contribution in [0.4, 0.5) is 15.8 Å². The van der Waals surface area contributed by atoms with Crippen molar-refractivity contribution in [1.29, 1.82) is 0 Å². The third kappa shape index (κ3) is 4.59. The van der Waals surface area contributed by atoms with Gasteiger partial charge in [0.25, 0.3) is 0 Å². The second kappa shape index (κ2) is 7.99. The van der Waals surface area contributed by atoms with E-state index >= 15 is 0 Å². The first kappa shape index (κ1) is 17.9. The zero-order chi connectivity index (χ0) is 18.5. The Morgan fingerprint density at radius 3 is 2.46 bits per heavy atom. The molecule has 3 rings (SSSR count). The van der Waals surface area contributed by atoms with Crippen LogP contribution >= 0.6 is 0 Å². The minimum atomic E-state index is -0.320. The number of carbonyl (C=O) groups excluding carboxylic acids is 2. The first-order chi connectivity index (χ1) is 12.5. The summed E-state index contributed by atoms with van der Waals surface area (Å²) in [6.45, 7) is 4.17. The third-order valence-electron chi connectivity index (χ3n) is 4.41. The number of halogens is 1. The van der Waals surface area contributed by atoms with Crippen LogP contribution in [0.15, 0.2) is 48.5 Å². The molecule has 2 aromatic rings. The number of rotatable bonds is 4. The second-order valence-electron chi connectivity index (χ2n) is 6.41. The number of amides is 2. The van der Waals surface area contributed by atoms with Gasteiger partial charge in [-0.05, 0) is 35.9 Å². The van der Waals surface area contributed by atoms with E-state index in [1.165, 1.54) is 19.1 Å². The van der Waals surface area contributed by atoms with Crippen molar-refractivity contribution in [1.82, 2.24) is 4.90 Å². The van der Waals surface area contributed by atoms with Crippen LogP contribution in [-0.2, 0) is 16.0 Å². The molecule has 1 saturated heterocycles. The molecule has 0 unspecified atom stereocenters. The van der Waals surface area contributed by atoms with Crippen LogP contribution < -0.4 is 10.2 Å². The summed E-state index contributed by atoms with van der Waals surface area (Å²) in [5, 5.41) is 2.78. The maximum atomic E-state index is 13.3. The zero-order valence-corrected chi connectivity index (χ0v) is 14.7. The summed E-state index contributed by atoms with van der Waals surface area (Å²) in [6.07, 6.45) is 0.218. The Balaban J connectivity index is 1.57. The Morgan fingerprint density at radius 1 is 1.04 bits per heavy atom. The molecule has 2 aromatic carbocycles. The zero-order valence-electron chi connectivity index (χ0n) is 14.7. The number of piperazine rings is 1. The van der Waals surface area contributed by atoms with Crippen molar-refractivity contribution >= 4 is 23.2 Å². The molecule has 26 heavy (non-hydrogen) atoms. The van der Waals surface area contributed by atoms with Gasteiger partial charge in [-0.25, -0.2) is 4.39 Å². The quantitative estimate of drug-likeness (QED) is 0.917. The van der Waals surface area contributed by atoms with Crippen LogP contribution in [0.2, 0.25) is 0 Å². The number of hydrogen-bond acceptors (Lipinski definition) is 3. The van der Waals surface area contributed by atoms with Gasteiger partial charge in [0, 0.05) is 44.5 Å². The highest BCUT2D eigenvalue weighted by molar-refractivity contribution is 5.89. The molecule has 0 spiro atoms. The average Bonchev–Trinajstić information content (AvgIpc) is 2.61. The SMILES string of the molecule is CC(=O)Nc1cccc(N2CCN(C(=O)Cc3cccc(F)c3)CC2)c1.